The van der Waals surface area contributed by atoms with Crippen LogP contribution in [0.3, 0.4) is 0 Å². The molecule has 26 heavy (non-hydrogen) atoms. The number of sulfonamides is 1. The molecule has 7 heteroatoms. The highest BCUT2D eigenvalue weighted by Crippen LogP contribution is 2.43. The predicted octanol–water partition coefficient (Wildman–Crippen LogP) is 2.53. The van der Waals surface area contributed by atoms with E-state index in [4.69, 9.17) is 4.74 Å². The number of benzene rings is 2. The Kier molecular flexibility index (Phi) is 5.12. The smallest absolute Gasteiger partial charge is 0.246 e. The van der Waals surface area contributed by atoms with E-state index in [1.807, 2.05) is 37.2 Å². The minimum Gasteiger partial charge on any atom is -0.363 e. The van der Waals surface area contributed by atoms with E-state index in [1.165, 1.54) is 23.5 Å². The Bertz CT molecular complexity index is 923. The van der Waals surface area contributed by atoms with E-state index in [2.05, 4.69) is 6.07 Å². The maximum atomic E-state index is 13.4. The first-order valence-electron chi connectivity index (χ1n) is 8.19. The Morgan fingerprint density at radius 1 is 1.04 bits per heavy atom. The van der Waals surface area contributed by atoms with Gasteiger partial charge in [-0.25, -0.2) is 8.42 Å². The molecule has 1 heterocycles. The molecule has 1 aliphatic rings. The summed E-state index contributed by atoms with van der Waals surface area (Å²) in [5.74, 6) is 0. The highest BCUT2D eigenvalue weighted by Gasteiger charge is 2.48. The summed E-state index contributed by atoms with van der Waals surface area (Å²) in [6.45, 7) is 0. The summed E-state index contributed by atoms with van der Waals surface area (Å²) in [6, 6.07) is 16.4. The van der Waals surface area contributed by atoms with E-state index < -0.39 is 22.3 Å². The zero-order valence-corrected chi connectivity index (χ0v) is 15.7. The standard InChI is InChI=1S/C19H21N3O3S/c1-21(2)18-16-12-8-7-11-15(16)17(13-20)22(19(18)25-3)26(23,24)14-9-5-4-6-10-14/h4-12,17-19H,1-3H3/t17-,18-,19+/m1/s1. The minimum atomic E-state index is -3.93. The molecule has 0 aromatic heterocycles. The zero-order valence-electron chi connectivity index (χ0n) is 14.9. The fraction of sp³-hybridized carbons (Fsp3) is 0.316. The Balaban J connectivity index is 2.25. The van der Waals surface area contributed by atoms with Crippen LogP contribution in [0.15, 0.2) is 59.5 Å². The molecule has 0 radical (unpaired) electrons. The lowest BCUT2D eigenvalue weighted by molar-refractivity contribution is -0.0585. The van der Waals surface area contributed by atoms with Crippen LogP contribution in [0.2, 0.25) is 0 Å². The largest absolute Gasteiger partial charge is 0.363 e. The summed E-state index contributed by atoms with van der Waals surface area (Å²) in [6.07, 6.45) is -0.824. The molecule has 0 fully saturated rings. The highest BCUT2D eigenvalue weighted by atomic mass is 32.2. The third-order valence-electron chi connectivity index (χ3n) is 4.62. The fourth-order valence-corrected chi connectivity index (χ4v) is 5.15. The van der Waals surface area contributed by atoms with Crippen molar-refractivity contribution in [3.05, 3.63) is 65.7 Å². The molecule has 0 saturated carbocycles. The molecule has 136 valence electrons. The van der Waals surface area contributed by atoms with Crippen molar-refractivity contribution < 1.29 is 13.2 Å². The Morgan fingerprint density at radius 3 is 2.15 bits per heavy atom. The van der Waals surface area contributed by atoms with Gasteiger partial charge in [0.05, 0.1) is 17.0 Å². The average Bonchev–Trinajstić information content (AvgIpc) is 2.66. The normalized spacial score (nSPS) is 23.4. The molecule has 2 aromatic carbocycles. The zero-order chi connectivity index (χ0) is 18.9. The third kappa shape index (κ3) is 2.91. The molecule has 0 unspecified atom stereocenters. The number of hydrogen-bond acceptors (Lipinski definition) is 5. The van der Waals surface area contributed by atoms with Crippen LogP contribution in [0, 0.1) is 11.3 Å². The second kappa shape index (κ2) is 7.17. The Morgan fingerprint density at radius 2 is 1.62 bits per heavy atom. The van der Waals surface area contributed by atoms with Gasteiger partial charge in [-0.1, -0.05) is 42.5 Å². The number of ether oxygens (including phenoxy) is 1. The van der Waals surface area contributed by atoms with Crippen LogP contribution in [0.1, 0.15) is 23.2 Å². The van der Waals surface area contributed by atoms with Crippen molar-refractivity contribution in [1.82, 2.24) is 9.21 Å². The lowest BCUT2D eigenvalue weighted by atomic mass is 9.89. The molecular weight excluding hydrogens is 350 g/mol. The molecule has 3 rings (SSSR count). The first kappa shape index (κ1) is 18.5. The number of likely N-dealkylation sites (N-methyl/N-ethyl adjacent to an activating group) is 1. The van der Waals surface area contributed by atoms with E-state index in [1.54, 1.807) is 24.3 Å². The number of nitrogens with zero attached hydrogens (tertiary/aromatic N) is 3. The van der Waals surface area contributed by atoms with Crippen LogP contribution in [-0.4, -0.2) is 45.1 Å². The molecule has 1 aliphatic heterocycles. The summed E-state index contributed by atoms with van der Waals surface area (Å²) in [4.78, 5) is 2.05. The van der Waals surface area contributed by atoms with Gasteiger partial charge < -0.3 is 4.74 Å². The molecule has 0 saturated heterocycles. The molecule has 6 nitrogen and oxygen atoms in total. The second-order valence-corrected chi connectivity index (χ2v) is 8.19. The summed E-state index contributed by atoms with van der Waals surface area (Å²) in [7, 11) is 1.27. The lowest BCUT2D eigenvalue weighted by Crippen LogP contribution is -2.53. The molecule has 0 spiro atoms. The first-order valence-corrected chi connectivity index (χ1v) is 9.63. The molecule has 0 bridgehead atoms. The van der Waals surface area contributed by atoms with Crippen molar-refractivity contribution in [2.45, 2.75) is 23.2 Å². The number of fused-ring (bicyclic) bond motifs is 1. The summed E-state index contributed by atoms with van der Waals surface area (Å²) in [5, 5.41) is 9.83. The summed E-state index contributed by atoms with van der Waals surface area (Å²) < 4.78 is 33.6. The van der Waals surface area contributed by atoms with Crippen LogP contribution in [0.4, 0.5) is 0 Å². The van der Waals surface area contributed by atoms with E-state index in [0.29, 0.717) is 5.56 Å². The van der Waals surface area contributed by atoms with E-state index in [9.17, 15) is 13.7 Å². The Hall–Kier alpha value is -2.24. The van der Waals surface area contributed by atoms with Crippen molar-refractivity contribution in [3.8, 4) is 6.07 Å². The van der Waals surface area contributed by atoms with Gasteiger partial charge in [0, 0.05) is 7.11 Å². The summed E-state index contributed by atoms with van der Waals surface area (Å²) >= 11 is 0. The monoisotopic (exact) mass is 371 g/mol. The molecule has 0 N–H and O–H groups in total. The van der Waals surface area contributed by atoms with Crippen molar-refractivity contribution in [1.29, 1.82) is 5.26 Å². The van der Waals surface area contributed by atoms with Crippen LogP contribution >= 0.6 is 0 Å². The maximum absolute atomic E-state index is 13.4. The molecule has 0 aliphatic carbocycles. The van der Waals surface area contributed by atoms with E-state index >= 15 is 0 Å². The van der Waals surface area contributed by atoms with Gasteiger partial charge in [0.15, 0.2) is 0 Å². The molecular formula is C19H21N3O3S. The lowest BCUT2D eigenvalue weighted by Gasteiger charge is -2.45. The highest BCUT2D eigenvalue weighted by molar-refractivity contribution is 7.89. The van der Waals surface area contributed by atoms with Crippen LogP contribution < -0.4 is 0 Å². The van der Waals surface area contributed by atoms with Gasteiger partial charge in [-0.05, 0) is 37.4 Å². The topological polar surface area (TPSA) is 73.6 Å². The first-order chi connectivity index (χ1) is 12.4. The van der Waals surface area contributed by atoms with Gasteiger partial charge >= 0.3 is 0 Å². The van der Waals surface area contributed by atoms with Crippen molar-refractivity contribution in [2.24, 2.45) is 0 Å². The SMILES string of the molecule is CO[C@H]1[C@H](N(C)C)c2ccccc2[C@@H](C#N)N1S(=O)(=O)c1ccccc1. The Labute approximate surface area is 154 Å². The van der Waals surface area contributed by atoms with Crippen LogP contribution in [0.5, 0.6) is 0 Å². The summed E-state index contributed by atoms with van der Waals surface area (Å²) in [5.41, 5.74) is 1.58. The molecule has 3 atom stereocenters. The number of methoxy groups -OCH3 is 1. The van der Waals surface area contributed by atoms with Crippen molar-refractivity contribution >= 4 is 10.0 Å². The van der Waals surface area contributed by atoms with Gasteiger partial charge in [-0.3, -0.25) is 4.90 Å². The van der Waals surface area contributed by atoms with Gasteiger partial charge in [0.2, 0.25) is 10.0 Å². The third-order valence-corrected chi connectivity index (χ3v) is 6.46. The molecule has 2 aromatic rings. The fourth-order valence-electron chi connectivity index (χ4n) is 3.49. The average molecular weight is 371 g/mol. The van der Waals surface area contributed by atoms with Crippen LogP contribution in [-0.2, 0) is 14.8 Å². The second-order valence-electron chi connectivity index (χ2n) is 6.34. The van der Waals surface area contributed by atoms with Gasteiger partial charge in [0.1, 0.15) is 12.3 Å². The van der Waals surface area contributed by atoms with Gasteiger partial charge in [-0.15, -0.1) is 4.31 Å². The van der Waals surface area contributed by atoms with Crippen molar-refractivity contribution in [3.63, 3.8) is 0 Å². The number of hydrogen-bond donors (Lipinski definition) is 0. The number of nitriles is 1. The quantitative estimate of drug-likeness (QED) is 0.826. The number of rotatable bonds is 4. The van der Waals surface area contributed by atoms with Gasteiger partial charge in [-0.2, -0.15) is 5.26 Å². The minimum absolute atomic E-state index is 0.138. The predicted molar refractivity (Wildman–Crippen MR) is 97.5 cm³/mol. The van der Waals surface area contributed by atoms with Crippen molar-refractivity contribution in [2.75, 3.05) is 21.2 Å². The van der Waals surface area contributed by atoms with Gasteiger partial charge in [0.25, 0.3) is 0 Å². The maximum Gasteiger partial charge on any atom is 0.246 e. The van der Waals surface area contributed by atoms with E-state index in [-0.39, 0.29) is 10.9 Å². The van der Waals surface area contributed by atoms with E-state index in [0.717, 1.165) is 5.56 Å². The van der Waals surface area contributed by atoms with Crippen LogP contribution in [0.25, 0.3) is 0 Å². The molecule has 0 amide bonds.